The molecule has 0 aliphatic carbocycles. The van der Waals surface area contributed by atoms with Gasteiger partial charge in [-0.05, 0) is 76.9 Å². The number of piperidine rings is 1. The van der Waals surface area contributed by atoms with Crippen LogP contribution in [0, 0.1) is 12.7 Å². The summed E-state index contributed by atoms with van der Waals surface area (Å²) in [6, 6.07) is 10.6. The predicted octanol–water partition coefficient (Wildman–Crippen LogP) is 5.88. The molecule has 40 heavy (non-hydrogen) atoms. The van der Waals surface area contributed by atoms with Gasteiger partial charge >= 0.3 is 0 Å². The number of halogens is 1. The fraction of sp³-hybridized carbons (Fsp3) is 0.400. The minimum absolute atomic E-state index is 0.0650. The van der Waals surface area contributed by atoms with Crippen LogP contribution < -0.4 is 20.1 Å². The minimum atomic E-state index is -0.445. The molecule has 0 bridgehead atoms. The summed E-state index contributed by atoms with van der Waals surface area (Å²) in [6.07, 6.45) is 5.10. The van der Waals surface area contributed by atoms with Crippen molar-refractivity contribution in [3.63, 3.8) is 0 Å². The standard InChI is InChI=1S/C30H36FN5O3S/c1-18-13-21(31)24(15-26(18)39-40(5)30(2,3)4)33-23-10-11-32-28-27(23)29(38)35-25-14-19(8-9-22(25)34-28)16-36-12-6-7-20(37)17-36/h8-11,13-15,20,37H,6-7,12,16-17H2,1-5H3,(H2-,32,33,34,35,38)/p+1/t20-,40?/m0/s1. The number of benzene rings is 2. The molecule has 8 nitrogen and oxygen atoms in total. The van der Waals surface area contributed by atoms with Gasteiger partial charge in [0.05, 0.1) is 28.9 Å². The first-order chi connectivity index (χ1) is 19.0. The SMILES string of the molecule is Cc1cc(F)c(Nc2ccnc3c2C(=O)Nc2cc(CN4CCC[C@H](O)C4)ccc2N3)cc1O[S+](C)C(C)(C)C. The molecule has 4 N–H and O–H groups in total. The first-order valence-electron chi connectivity index (χ1n) is 13.5. The lowest BCUT2D eigenvalue weighted by atomic mass is 10.1. The molecular weight excluding hydrogens is 529 g/mol. The van der Waals surface area contributed by atoms with Gasteiger partial charge in [0.1, 0.15) is 23.5 Å². The molecule has 1 aromatic heterocycles. The number of aromatic nitrogens is 1. The summed E-state index contributed by atoms with van der Waals surface area (Å²) in [5.74, 6) is 0.169. The summed E-state index contributed by atoms with van der Waals surface area (Å²) in [4.78, 5) is 20.1. The van der Waals surface area contributed by atoms with Gasteiger partial charge in [-0.2, -0.15) is 0 Å². The number of hydrogen-bond acceptors (Lipinski definition) is 7. The van der Waals surface area contributed by atoms with Gasteiger partial charge in [-0.15, -0.1) is 0 Å². The number of aliphatic hydroxyl groups is 1. The van der Waals surface area contributed by atoms with E-state index >= 15 is 4.39 Å². The lowest BCUT2D eigenvalue weighted by molar-refractivity contribution is 0.0668. The van der Waals surface area contributed by atoms with Crippen LogP contribution in [0.1, 0.15) is 55.1 Å². The average molecular weight is 567 g/mol. The zero-order valence-electron chi connectivity index (χ0n) is 23.6. The predicted molar refractivity (Wildman–Crippen MR) is 161 cm³/mol. The van der Waals surface area contributed by atoms with Gasteiger partial charge in [0.15, 0.2) is 21.7 Å². The van der Waals surface area contributed by atoms with Crippen LogP contribution in [-0.4, -0.2) is 51.1 Å². The van der Waals surface area contributed by atoms with Crippen molar-refractivity contribution in [2.24, 2.45) is 0 Å². The van der Waals surface area contributed by atoms with E-state index in [1.807, 2.05) is 31.4 Å². The number of β-amino-alcohol motifs (C(OH)–C–C–N with tert-alkyl or cyclic N) is 1. The number of carbonyl (C=O) groups excluding carboxylic acids is 1. The molecule has 2 atom stereocenters. The van der Waals surface area contributed by atoms with Crippen molar-refractivity contribution in [1.29, 1.82) is 0 Å². The minimum Gasteiger partial charge on any atom is -0.392 e. The number of aliphatic hydroxyl groups excluding tert-OH is 1. The fourth-order valence-electron chi connectivity index (χ4n) is 4.78. The summed E-state index contributed by atoms with van der Waals surface area (Å²) in [7, 11) is 0. The van der Waals surface area contributed by atoms with E-state index < -0.39 is 17.0 Å². The maximum atomic E-state index is 15.1. The molecule has 3 heterocycles. The normalized spacial score (nSPS) is 18.1. The highest BCUT2D eigenvalue weighted by atomic mass is 32.2. The van der Waals surface area contributed by atoms with Crippen LogP contribution in [0.4, 0.5) is 33.0 Å². The molecule has 10 heteroatoms. The molecule has 0 saturated carbocycles. The Kier molecular flexibility index (Phi) is 7.94. The number of anilines is 5. The Bertz CT molecular complexity index is 1430. The molecular formula is C30H37FN5O3S+. The van der Waals surface area contributed by atoms with Crippen LogP contribution in [0.2, 0.25) is 0 Å². The van der Waals surface area contributed by atoms with Crippen molar-refractivity contribution in [1.82, 2.24) is 9.88 Å². The van der Waals surface area contributed by atoms with Crippen molar-refractivity contribution in [3.05, 3.63) is 65.1 Å². The zero-order chi connectivity index (χ0) is 28.6. The summed E-state index contributed by atoms with van der Waals surface area (Å²) in [5.41, 5.74) is 4.00. The first kappa shape index (κ1) is 28.2. The summed E-state index contributed by atoms with van der Waals surface area (Å²) < 4.78 is 21.3. The number of fused-ring (bicyclic) bond motifs is 2. The van der Waals surface area contributed by atoms with Crippen molar-refractivity contribution >= 4 is 45.7 Å². The summed E-state index contributed by atoms with van der Waals surface area (Å²) in [6.45, 7) is 10.4. The van der Waals surface area contributed by atoms with Gasteiger partial charge in [0.2, 0.25) is 0 Å². The van der Waals surface area contributed by atoms with E-state index in [9.17, 15) is 9.90 Å². The highest BCUT2D eigenvalue weighted by Crippen LogP contribution is 2.37. The van der Waals surface area contributed by atoms with Gasteiger partial charge in [-0.3, -0.25) is 13.9 Å². The van der Waals surface area contributed by atoms with Gasteiger partial charge in [-0.25, -0.2) is 9.37 Å². The van der Waals surface area contributed by atoms with E-state index in [2.05, 4.69) is 46.6 Å². The summed E-state index contributed by atoms with van der Waals surface area (Å²) >= 11 is -0.399. The topological polar surface area (TPSA) is 98.8 Å². The van der Waals surface area contributed by atoms with Crippen LogP contribution in [0.5, 0.6) is 5.75 Å². The number of amides is 1. The van der Waals surface area contributed by atoms with Crippen LogP contribution in [0.15, 0.2) is 42.6 Å². The quantitative estimate of drug-likeness (QED) is 0.277. The van der Waals surface area contributed by atoms with Gasteiger partial charge in [0, 0.05) is 30.9 Å². The Morgan fingerprint density at radius 2 is 1.98 bits per heavy atom. The molecule has 0 spiro atoms. The van der Waals surface area contributed by atoms with Crippen LogP contribution >= 0.6 is 0 Å². The van der Waals surface area contributed by atoms with E-state index in [0.717, 1.165) is 24.9 Å². The van der Waals surface area contributed by atoms with Crippen LogP contribution in [-0.2, 0) is 17.7 Å². The van der Waals surface area contributed by atoms with Gasteiger partial charge in [-0.1, -0.05) is 6.07 Å². The molecule has 2 aromatic carbocycles. The number of hydrogen-bond donors (Lipinski definition) is 4. The molecule has 1 saturated heterocycles. The largest absolute Gasteiger partial charge is 0.392 e. The van der Waals surface area contributed by atoms with Crippen LogP contribution in [0.25, 0.3) is 0 Å². The Labute approximate surface area is 237 Å². The number of carbonyl (C=O) groups is 1. The molecule has 5 rings (SSSR count). The van der Waals surface area contributed by atoms with Crippen LogP contribution in [0.3, 0.4) is 0 Å². The third kappa shape index (κ3) is 6.19. The van der Waals surface area contributed by atoms with E-state index in [1.54, 1.807) is 18.3 Å². The Morgan fingerprint density at radius 3 is 2.73 bits per heavy atom. The fourth-order valence-corrected chi connectivity index (χ4v) is 5.48. The van der Waals surface area contributed by atoms with Crippen molar-refractivity contribution in [2.45, 2.75) is 57.9 Å². The third-order valence-corrected chi connectivity index (χ3v) is 9.42. The second kappa shape index (κ2) is 11.3. The highest BCUT2D eigenvalue weighted by Gasteiger charge is 2.34. The molecule has 2 aliphatic rings. The number of rotatable bonds is 6. The smallest absolute Gasteiger partial charge is 0.261 e. The monoisotopic (exact) mass is 566 g/mol. The molecule has 3 aromatic rings. The average Bonchev–Trinajstić information content (AvgIpc) is 3.02. The third-order valence-electron chi connectivity index (χ3n) is 7.26. The zero-order valence-corrected chi connectivity index (χ0v) is 24.4. The highest BCUT2D eigenvalue weighted by molar-refractivity contribution is 7.93. The molecule has 1 unspecified atom stereocenters. The van der Waals surface area contributed by atoms with Crippen molar-refractivity contribution < 1.29 is 18.5 Å². The molecule has 212 valence electrons. The van der Waals surface area contributed by atoms with E-state index in [-0.39, 0.29) is 28.0 Å². The number of likely N-dealkylation sites (tertiary alicyclic amines) is 1. The lowest BCUT2D eigenvalue weighted by Crippen LogP contribution is -2.37. The Morgan fingerprint density at radius 1 is 1.18 bits per heavy atom. The van der Waals surface area contributed by atoms with Gasteiger partial charge in [0.25, 0.3) is 5.91 Å². The maximum Gasteiger partial charge on any atom is 0.261 e. The van der Waals surface area contributed by atoms with E-state index in [0.29, 0.717) is 47.3 Å². The lowest BCUT2D eigenvalue weighted by Gasteiger charge is -2.30. The Hall–Kier alpha value is -3.34. The number of pyridine rings is 1. The second-order valence-electron chi connectivity index (χ2n) is 11.4. The Balaban J connectivity index is 1.40. The number of nitrogens with one attached hydrogen (secondary N) is 3. The molecule has 2 aliphatic heterocycles. The second-order valence-corrected chi connectivity index (χ2v) is 13.7. The molecule has 1 amide bonds. The number of aryl methyl sites for hydroxylation is 1. The summed E-state index contributed by atoms with van der Waals surface area (Å²) in [5, 5.41) is 19.4. The van der Waals surface area contributed by atoms with E-state index in [4.69, 9.17) is 4.18 Å². The van der Waals surface area contributed by atoms with Crippen molar-refractivity contribution in [3.8, 4) is 5.75 Å². The molecule has 0 radical (unpaired) electrons. The van der Waals surface area contributed by atoms with Crippen molar-refractivity contribution in [2.75, 3.05) is 35.3 Å². The molecule has 1 fully saturated rings. The maximum absolute atomic E-state index is 15.1. The first-order valence-corrected chi connectivity index (χ1v) is 15.1. The van der Waals surface area contributed by atoms with Gasteiger partial charge < -0.3 is 21.1 Å². The number of nitrogens with zero attached hydrogens (tertiary/aromatic N) is 2. The van der Waals surface area contributed by atoms with E-state index in [1.165, 1.54) is 6.07 Å².